The summed E-state index contributed by atoms with van der Waals surface area (Å²) in [5.74, 6) is 0.782. The predicted octanol–water partition coefficient (Wildman–Crippen LogP) is 2.23. The Bertz CT molecular complexity index is 497. The van der Waals surface area contributed by atoms with Crippen LogP contribution in [0.5, 0.6) is 0 Å². The van der Waals surface area contributed by atoms with Crippen LogP contribution in [0.3, 0.4) is 0 Å². The Morgan fingerprint density at radius 2 is 2.38 bits per heavy atom. The van der Waals surface area contributed by atoms with Gasteiger partial charge in [-0.3, -0.25) is 4.57 Å². The summed E-state index contributed by atoms with van der Waals surface area (Å²) >= 11 is 3.40. The number of hydrogen-bond donors (Lipinski definition) is 1. The first-order valence-corrected chi connectivity index (χ1v) is 5.80. The van der Waals surface area contributed by atoms with Crippen molar-refractivity contribution in [1.82, 2.24) is 14.5 Å². The van der Waals surface area contributed by atoms with Gasteiger partial charge in [-0.2, -0.15) is 4.98 Å². The van der Waals surface area contributed by atoms with Crippen LogP contribution in [0.2, 0.25) is 0 Å². The molecule has 0 atom stereocenters. The van der Waals surface area contributed by atoms with Crippen molar-refractivity contribution in [3.63, 3.8) is 0 Å². The molecule has 0 spiro atoms. The zero-order valence-corrected chi connectivity index (χ0v) is 10.8. The van der Waals surface area contributed by atoms with E-state index in [1.807, 2.05) is 17.6 Å². The Balaban J connectivity index is 2.57. The van der Waals surface area contributed by atoms with E-state index in [-0.39, 0.29) is 0 Å². The quantitative estimate of drug-likeness (QED) is 0.936. The molecule has 0 aliphatic rings. The van der Waals surface area contributed by atoms with Gasteiger partial charge in [0, 0.05) is 24.3 Å². The molecule has 2 heterocycles. The summed E-state index contributed by atoms with van der Waals surface area (Å²) in [6.45, 7) is 3.30. The second-order valence-corrected chi connectivity index (χ2v) is 4.22. The minimum absolute atomic E-state index is 0.455. The van der Waals surface area contributed by atoms with Crippen LogP contribution >= 0.6 is 15.9 Å². The standard InChI is InChI=1S/C10H13BrN4O/c1-3-12-10-14-9-8(15(10)6-16-2)4-7(11)5-13-9/h4-5H,3,6H2,1-2H3,(H,12,13,14). The number of ether oxygens (including phenoxy) is 1. The van der Waals surface area contributed by atoms with Crippen LogP contribution < -0.4 is 5.32 Å². The Kier molecular flexibility index (Phi) is 3.40. The Hall–Kier alpha value is -1.14. The summed E-state index contributed by atoms with van der Waals surface area (Å²) in [6.07, 6.45) is 1.74. The molecule has 2 rings (SSSR count). The highest BCUT2D eigenvalue weighted by molar-refractivity contribution is 9.10. The van der Waals surface area contributed by atoms with Gasteiger partial charge in [-0.15, -0.1) is 0 Å². The smallest absolute Gasteiger partial charge is 0.207 e. The van der Waals surface area contributed by atoms with Crippen LogP contribution in [0.25, 0.3) is 11.2 Å². The fourth-order valence-corrected chi connectivity index (χ4v) is 1.85. The van der Waals surface area contributed by atoms with Crippen LogP contribution in [-0.4, -0.2) is 28.2 Å². The molecule has 0 bridgehead atoms. The molecule has 0 saturated carbocycles. The van der Waals surface area contributed by atoms with Gasteiger partial charge in [-0.25, -0.2) is 4.98 Å². The van der Waals surface area contributed by atoms with Crippen molar-refractivity contribution in [2.75, 3.05) is 19.0 Å². The first kappa shape index (κ1) is 11.3. The molecule has 0 aliphatic carbocycles. The van der Waals surface area contributed by atoms with Gasteiger partial charge in [0.1, 0.15) is 6.73 Å². The summed E-state index contributed by atoms with van der Waals surface area (Å²) in [5, 5.41) is 3.19. The third-order valence-corrected chi connectivity index (χ3v) is 2.60. The summed E-state index contributed by atoms with van der Waals surface area (Å²) in [4.78, 5) is 8.65. The molecule has 86 valence electrons. The third-order valence-electron chi connectivity index (χ3n) is 2.17. The lowest BCUT2D eigenvalue weighted by molar-refractivity contribution is 0.136. The number of fused-ring (bicyclic) bond motifs is 1. The van der Waals surface area contributed by atoms with Gasteiger partial charge in [0.05, 0.1) is 5.52 Å². The highest BCUT2D eigenvalue weighted by Gasteiger charge is 2.10. The number of methoxy groups -OCH3 is 1. The molecule has 5 nitrogen and oxygen atoms in total. The second-order valence-electron chi connectivity index (χ2n) is 3.31. The van der Waals surface area contributed by atoms with E-state index in [0.717, 1.165) is 28.1 Å². The maximum Gasteiger partial charge on any atom is 0.207 e. The molecular weight excluding hydrogens is 272 g/mol. The van der Waals surface area contributed by atoms with E-state index in [0.29, 0.717) is 6.73 Å². The molecule has 0 amide bonds. The molecule has 0 radical (unpaired) electrons. The lowest BCUT2D eigenvalue weighted by Gasteiger charge is -2.07. The topological polar surface area (TPSA) is 52.0 Å². The largest absolute Gasteiger partial charge is 0.364 e. The molecule has 0 aliphatic heterocycles. The Morgan fingerprint density at radius 1 is 1.56 bits per heavy atom. The number of nitrogens with one attached hydrogen (secondary N) is 1. The Morgan fingerprint density at radius 3 is 3.06 bits per heavy atom. The van der Waals surface area contributed by atoms with Gasteiger partial charge in [-0.1, -0.05) is 0 Å². The number of anilines is 1. The van der Waals surface area contributed by atoms with E-state index < -0.39 is 0 Å². The van der Waals surface area contributed by atoms with Crippen molar-refractivity contribution < 1.29 is 4.74 Å². The minimum Gasteiger partial charge on any atom is -0.364 e. The average molecular weight is 285 g/mol. The van der Waals surface area contributed by atoms with E-state index in [2.05, 4.69) is 31.2 Å². The van der Waals surface area contributed by atoms with Crippen molar-refractivity contribution >= 4 is 33.0 Å². The summed E-state index contributed by atoms with van der Waals surface area (Å²) in [7, 11) is 1.66. The molecule has 0 aromatic carbocycles. The first-order chi connectivity index (χ1) is 7.76. The number of aromatic nitrogens is 3. The molecule has 6 heteroatoms. The second kappa shape index (κ2) is 4.80. The van der Waals surface area contributed by atoms with E-state index in [1.165, 1.54) is 0 Å². The van der Waals surface area contributed by atoms with E-state index in [1.54, 1.807) is 13.3 Å². The van der Waals surface area contributed by atoms with Crippen LogP contribution in [0.15, 0.2) is 16.7 Å². The molecule has 1 N–H and O–H groups in total. The molecule has 2 aromatic rings. The number of halogens is 1. The average Bonchev–Trinajstić information content (AvgIpc) is 2.58. The summed E-state index contributed by atoms with van der Waals surface area (Å²) in [6, 6.07) is 1.98. The van der Waals surface area contributed by atoms with Crippen LogP contribution in [0.1, 0.15) is 6.92 Å². The lowest BCUT2D eigenvalue weighted by Crippen LogP contribution is -2.08. The molecule has 0 fully saturated rings. The number of imidazole rings is 1. The van der Waals surface area contributed by atoms with E-state index in [9.17, 15) is 0 Å². The zero-order chi connectivity index (χ0) is 11.5. The maximum absolute atomic E-state index is 5.16. The minimum atomic E-state index is 0.455. The van der Waals surface area contributed by atoms with Gasteiger partial charge >= 0.3 is 0 Å². The number of nitrogens with zero attached hydrogens (tertiary/aromatic N) is 3. The molecule has 16 heavy (non-hydrogen) atoms. The van der Waals surface area contributed by atoms with Gasteiger partial charge in [0.25, 0.3) is 0 Å². The number of pyridine rings is 1. The van der Waals surface area contributed by atoms with Crippen LogP contribution in [-0.2, 0) is 11.5 Å². The predicted molar refractivity (Wildman–Crippen MR) is 66.4 cm³/mol. The van der Waals surface area contributed by atoms with Gasteiger partial charge in [0.2, 0.25) is 5.95 Å². The van der Waals surface area contributed by atoms with Gasteiger partial charge < -0.3 is 10.1 Å². The van der Waals surface area contributed by atoms with Crippen molar-refractivity contribution in [1.29, 1.82) is 0 Å². The summed E-state index contributed by atoms with van der Waals surface area (Å²) < 4.78 is 8.05. The fraction of sp³-hybridized carbons (Fsp3) is 0.400. The number of hydrogen-bond acceptors (Lipinski definition) is 4. The van der Waals surface area contributed by atoms with Crippen LogP contribution in [0.4, 0.5) is 5.95 Å². The lowest BCUT2D eigenvalue weighted by atomic mass is 10.4. The third kappa shape index (κ3) is 2.03. The monoisotopic (exact) mass is 284 g/mol. The maximum atomic E-state index is 5.16. The van der Waals surface area contributed by atoms with E-state index >= 15 is 0 Å². The van der Waals surface area contributed by atoms with Crippen LogP contribution in [0, 0.1) is 0 Å². The molecular formula is C10H13BrN4O. The molecule has 2 aromatic heterocycles. The first-order valence-electron chi connectivity index (χ1n) is 5.01. The van der Waals surface area contributed by atoms with Gasteiger partial charge in [0.15, 0.2) is 5.65 Å². The van der Waals surface area contributed by atoms with Crippen molar-refractivity contribution in [3.05, 3.63) is 16.7 Å². The number of rotatable bonds is 4. The highest BCUT2D eigenvalue weighted by Crippen LogP contribution is 2.21. The van der Waals surface area contributed by atoms with E-state index in [4.69, 9.17) is 4.74 Å². The van der Waals surface area contributed by atoms with Crippen molar-refractivity contribution in [2.24, 2.45) is 0 Å². The SMILES string of the molecule is CCNc1nc2ncc(Br)cc2n1COC. The molecule has 0 unspecified atom stereocenters. The van der Waals surface area contributed by atoms with Gasteiger partial charge in [-0.05, 0) is 28.9 Å². The van der Waals surface area contributed by atoms with Crippen molar-refractivity contribution in [3.8, 4) is 0 Å². The fourth-order valence-electron chi connectivity index (χ4n) is 1.53. The Labute approximate surface area is 102 Å². The zero-order valence-electron chi connectivity index (χ0n) is 9.20. The normalized spacial score (nSPS) is 10.9. The molecule has 0 saturated heterocycles. The van der Waals surface area contributed by atoms with Crippen molar-refractivity contribution in [2.45, 2.75) is 13.7 Å². The highest BCUT2D eigenvalue weighted by atomic mass is 79.9. The summed E-state index contributed by atoms with van der Waals surface area (Å²) in [5.41, 5.74) is 1.67.